The number of hydrogen-bond acceptors (Lipinski definition) is 3. The molecule has 1 aromatic heterocycles. The summed E-state index contributed by atoms with van der Waals surface area (Å²) < 4.78 is 60.9. The second kappa shape index (κ2) is 5.54. The molecule has 1 heterocycles. The zero-order chi connectivity index (χ0) is 14.8. The van der Waals surface area contributed by atoms with Crippen LogP contribution in [-0.4, -0.2) is 0 Å². The molecule has 0 aliphatic carbocycles. The lowest BCUT2D eigenvalue weighted by Gasteiger charge is -2.11. The topological polar surface area (TPSA) is 48.4 Å². The molecular formula is C13H11F4NO2. The minimum atomic E-state index is -4.77. The number of halogens is 4. The molecule has 0 saturated heterocycles. The molecule has 108 valence electrons. The van der Waals surface area contributed by atoms with Gasteiger partial charge in [0.15, 0.2) is 0 Å². The standard InChI is InChI=1S/C13H11F4NO2/c14-11-2-1-9(5-10(11)13(15,16)17)20-7-12-8(6-18)3-4-19-12/h1-5H,6-7,18H2. The highest BCUT2D eigenvalue weighted by Gasteiger charge is 2.34. The van der Waals surface area contributed by atoms with Crippen LogP contribution in [0.4, 0.5) is 17.6 Å². The lowest BCUT2D eigenvalue weighted by molar-refractivity contribution is -0.140. The summed E-state index contributed by atoms with van der Waals surface area (Å²) in [4.78, 5) is 0. The van der Waals surface area contributed by atoms with Crippen LogP contribution >= 0.6 is 0 Å². The highest BCUT2D eigenvalue weighted by molar-refractivity contribution is 5.32. The smallest absolute Gasteiger partial charge is 0.419 e. The van der Waals surface area contributed by atoms with Crippen molar-refractivity contribution in [3.05, 3.63) is 53.2 Å². The van der Waals surface area contributed by atoms with Gasteiger partial charge in [0.05, 0.1) is 11.8 Å². The van der Waals surface area contributed by atoms with Gasteiger partial charge in [-0.3, -0.25) is 0 Å². The average Bonchev–Trinajstić information content (AvgIpc) is 2.84. The van der Waals surface area contributed by atoms with E-state index in [-0.39, 0.29) is 18.9 Å². The van der Waals surface area contributed by atoms with Gasteiger partial charge in [-0.2, -0.15) is 13.2 Å². The molecule has 0 fully saturated rings. The van der Waals surface area contributed by atoms with Crippen molar-refractivity contribution in [1.29, 1.82) is 0 Å². The number of alkyl halides is 3. The summed E-state index contributed by atoms with van der Waals surface area (Å²) in [6.45, 7) is 0.148. The van der Waals surface area contributed by atoms with Crippen molar-refractivity contribution in [3.8, 4) is 5.75 Å². The summed E-state index contributed by atoms with van der Waals surface area (Å²) in [5.41, 5.74) is 4.78. The Labute approximate surface area is 111 Å². The Hall–Kier alpha value is -2.02. The van der Waals surface area contributed by atoms with Gasteiger partial charge in [-0.25, -0.2) is 4.39 Å². The Morgan fingerprint density at radius 1 is 1.20 bits per heavy atom. The molecule has 0 aliphatic heterocycles. The molecule has 0 bridgehead atoms. The van der Waals surface area contributed by atoms with Gasteiger partial charge < -0.3 is 14.9 Å². The summed E-state index contributed by atoms with van der Waals surface area (Å²) in [6, 6.07) is 4.09. The lowest BCUT2D eigenvalue weighted by atomic mass is 10.2. The van der Waals surface area contributed by atoms with Crippen LogP contribution in [0.25, 0.3) is 0 Å². The number of rotatable bonds is 4. The van der Waals surface area contributed by atoms with E-state index >= 15 is 0 Å². The van der Waals surface area contributed by atoms with E-state index in [4.69, 9.17) is 14.9 Å². The number of furan rings is 1. The summed E-state index contributed by atoms with van der Waals surface area (Å²) >= 11 is 0. The first-order valence-electron chi connectivity index (χ1n) is 5.66. The highest BCUT2D eigenvalue weighted by Crippen LogP contribution is 2.33. The molecule has 3 nitrogen and oxygen atoms in total. The third-order valence-electron chi connectivity index (χ3n) is 2.67. The Morgan fingerprint density at radius 3 is 2.60 bits per heavy atom. The molecule has 0 unspecified atom stereocenters. The quantitative estimate of drug-likeness (QED) is 0.877. The molecule has 7 heteroatoms. The predicted octanol–water partition coefficient (Wildman–Crippen LogP) is 3.48. The minimum absolute atomic E-state index is 0.0809. The number of benzene rings is 1. The first-order chi connectivity index (χ1) is 9.41. The van der Waals surface area contributed by atoms with Crippen molar-refractivity contribution >= 4 is 0 Å². The lowest BCUT2D eigenvalue weighted by Crippen LogP contribution is -2.09. The summed E-state index contributed by atoms with van der Waals surface area (Å²) in [5.74, 6) is -1.02. The number of ether oxygens (including phenoxy) is 1. The molecule has 0 radical (unpaired) electrons. The van der Waals surface area contributed by atoms with Gasteiger partial charge in [0.1, 0.15) is 23.9 Å². The van der Waals surface area contributed by atoms with E-state index in [9.17, 15) is 17.6 Å². The van der Waals surface area contributed by atoms with Gasteiger partial charge in [0.25, 0.3) is 0 Å². The first kappa shape index (κ1) is 14.4. The Morgan fingerprint density at radius 2 is 1.95 bits per heavy atom. The van der Waals surface area contributed by atoms with Crippen LogP contribution in [0.1, 0.15) is 16.9 Å². The van der Waals surface area contributed by atoms with Crippen LogP contribution < -0.4 is 10.5 Å². The van der Waals surface area contributed by atoms with Gasteiger partial charge in [0.2, 0.25) is 0 Å². The fourth-order valence-electron chi connectivity index (χ4n) is 1.64. The highest BCUT2D eigenvalue weighted by atomic mass is 19.4. The Balaban J connectivity index is 2.15. The number of nitrogens with two attached hydrogens (primary N) is 1. The van der Waals surface area contributed by atoms with Crippen molar-refractivity contribution in [1.82, 2.24) is 0 Å². The Kier molecular flexibility index (Phi) is 3.99. The fourth-order valence-corrected chi connectivity index (χ4v) is 1.64. The van der Waals surface area contributed by atoms with E-state index in [2.05, 4.69) is 0 Å². The van der Waals surface area contributed by atoms with Crippen LogP contribution in [0.15, 0.2) is 34.9 Å². The molecule has 0 aliphatic rings. The van der Waals surface area contributed by atoms with Crippen LogP contribution in [0.2, 0.25) is 0 Å². The van der Waals surface area contributed by atoms with Crippen LogP contribution in [0, 0.1) is 5.82 Å². The largest absolute Gasteiger partial charge is 0.486 e. The van der Waals surface area contributed by atoms with Gasteiger partial charge in [-0.1, -0.05) is 0 Å². The first-order valence-corrected chi connectivity index (χ1v) is 5.66. The maximum atomic E-state index is 13.1. The van der Waals surface area contributed by atoms with E-state index in [0.717, 1.165) is 6.07 Å². The molecule has 0 atom stereocenters. The summed E-state index contributed by atoms with van der Waals surface area (Å²) in [6.07, 6.45) is -3.36. The zero-order valence-electron chi connectivity index (χ0n) is 10.2. The maximum absolute atomic E-state index is 13.1. The van der Waals surface area contributed by atoms with E-state index in [1.165, 1.54) is 6.26 Å². The van der Waals surface area contributed by atoms with E-state index in [1.807, 2.05) is 0 Å². The molecule has 2 rings (SSSR count). The van der Waals surface area contributed by atoms with Crippen molar-refractivity contribution in [2.24, 2.45) is 5.73 Å². The normalized spacial score (nSPS) is 11.7. The second-order valence-corrected chi connectivity index (χ2v) is 4.00. The summed E-state index contributed by atoms with van der Waals surface area (Å²) in [7, 11) is 0. The monoisotopic (exact) mass is 289 g/mol. The maximum Gasteiger partial charge on any atom is 0.419 e. The molecule has 0 amide bonds. The van der Waals surface area contributed by atoms with Gasteiger partial charge in [-0.15, -0.1) is 0 Å². The molecular weight excluding hydrogens is 278 g/mol. The molecule has 2 N–H and O–H groups in total. The van der Waals surface area contributed by atoms with Crippen LogP contribution in [0.3, 0.4) is 0 Å². The number of hydrogen-bond donors (Lipinski definition) is 1. The zero-order valence-corrected chi connectivity index (χ0v) is 10.2. The SMILES string of the molecule is NCc1ccoc1COc1ccc(F)c(C(F)(F)F)c1. The minimum Gasteiger partial charge on any atom is -0.486 e. The van der Waals surface area contributed by atoms with E-state index < -0.39 is 17.6 Å². The van der Waals surface area contributed by atoms with Crippen LogP contribution in [-0.2, 0) is 19.3 Å². The molecule has 1 aromatic carbocycles. The van der Waals surface area contributed by atoms with Crippen molar-refractivity contribution in [3.63, 3.8) is 0 Å². The van der Waals surface area contributed by atoms with E-state index in [0.29, 0.717) is 23.5 Å². The third kappa shape index (κ3) is 3.11. The molecule has 2 aromatic rings. The van der Waals surface area contributed by atoms with Crippen molar-refractivity contribution in [2.45, 2.75) is 19.3 Å². The Bertz CT molecular complexity index is 592. The van der Waals surface area contributed by atoms with Gasteiger partial charge in [-0.05, 0) is 24.3 Å². The van der Waals surface area contributed by atoms with Gasteiger partial charge in [0, 0.05) is 12.1 Å². The van der Waals surface area contributed by atoms with Crippen LogP contribution in [0.5, 0.6) is 5.75 Å². The second-order valence-electron chi connectivity index (χ2n) is 4.00. The molecule has 20 heavy (non-hydrogen) atoms. The average molecular weight is 289 g/mol. The van der Waals surface area contributed by atoms with Crippen molar-refractivity contribution in [2.75, 3.05) is 0 Å². The van der Waals surface area contributed by atoms with E-state index in [1.54, 1.807) is 6.07 Å². The third-order valence-corrected chi connectivity index (χ3v) is 2.67. The van der Waals surface area contributed by atoms with Crippen molar-refractivity contribution < 1.29 is 26.7 Å². The molecule has 0 spiro atoms. The fraction of sp³-hybridized carbons (Fsp3) is 0.231. The predicted molar refractivity (Wildman–Crippen MR) is 62.3 cm³/mol. The summed E-state index contributed by atoms with van der Waals surface area (Å²) in [5, 5.41) is 0. The molecule has 0 saturated carbocycles. The van der Waals surface area contributed by atoms with Gasteiger partial charge >= 0.3 is 6.18 Å².